The van der Waals surface area contributed by atoms with E-state index in [2.05, 4.69) is 32.2 Å². The lowest BCUT2D eigenvalue weighted by Gasteiger charge is -2.16. The third kappa shape index (κ3) is 4.07. The number of rotatable bonds is 6. The number of para-hydroxylation sites is 1. The van der Waals surface area contributed by atoms with Crippen LogP contribution in [0.5, 0.6) is 0 Å². The van der Waals surface area contributed by atoms with Gasteiger partial charge in [-0.15, -0.1) is 5.10 Å². The molecular formula is C16H21N7O. The summed E-state index contributed by atoms with van der Waals surface area (Å²) >= 11 is 0. The van der Waals surface area contributed by atoms with Crippen molar-refractivity contribution in [2.24, 2.45) is 0 Å². The molecule has 0 radical (unpaired) electrons. The Hall–Kier alpha value is -2.95. The second-order valence-electron chi connectivity index (χ2n) is 5.65. The van der Waals surface area contributed by atoms with Crippen LogP contribution in [0.2, 0.25) is 0 Å². The van der Waals surface area contributed by atoms with Crippen LogP contribution in [0.15, 0.2) is 24.3 Å². The molecular weight excluding hydrogens is 306 g/mol. The van der Waals surface area contributed by atoms with E-state index < -0.39 is 0 Å². The van der Waals surface area contributed by atoms with Crippen LogP contribution in [0.4, 0.5) is 10.5 Å². The molecule has 24 heavy (non-hydrogen) atoms. The highest BCUT2D eigenvalue weighted by atomic mass is 16.2. The fourth-order valence-electron chi connectivity index (χ4n) is 2.26. The number of benzene rings is 1. The summed E-state index contributed by atoms with van der Waals surface area (Å²) in [5.74, 6) is 0.588. The van der Waals surface area contributed by atoms with Crippen LogP contribution in [0, 0.1) is 11.3 Å². The lowest BCUT2D eigenvalue weighted by atomic mass is 10.1. The molecule has 2 rings (SSSR count). The molecule has 0 aliphatic rings. The maximum atomic E-state index is 12.2. The summed E-state index contributed by atoms with van der Waals surface area (Å²) in [6, 6.07) is 8.97. The number of nitriles is 1. The Morgan fingerprint density at radius 2 is 2.12 bits per heavy atom. The number of tetrazole rings is 1. The lowest BCUT2D eigenvalue weighted by Crippen LogP contribution is -2.37. The van der Waals surface area contributed by atoms with Gasteiger partial charge in [-0.3, -0.25) is 0 Å². The van der Waals surface area contributed by atoms with E-state index in [1.807, 2.05) is 39.0 Å². The molecule has 0 aliphatic carbocycles. The van der Waals surface area contributed by atoms with Gasteiger partial charge in [-0.1, -0.05) is 19.1 Å². The molecule has 0 spiro atoms. The van der Waals surface area contributed by atoms with Gasteiger partial charge >= 0.3 is 6.03 Å². The molecule has 2 amide bonds. The van der Waals surface area contributed by atoms with Gasteiger partial charge in [0.1, 0.15) is 0 Å². The van der Waals surface area contributed by atoms with Crippen LogP contribution in [0.25, 0.3) is 11.4 Å². The Labute approximate surface area is 140 Å². The van der Waals surface area contributed by atoms with E-state index >= 15 is 0 Å². The molecule has 0 fully saturated rings. The molecule has 0 saturated carbocycles. The zero-order valence-corrected chi connectivity index (χ0v) is 14.0. The summed E-state index contributed by atoms with van der Waals surface area (Å²) in [5, 5.41) is 26.2. The average molecular weight is 327 g/mol. The normalized spacial score (nSPS) is 11.8. The second-order valence-corrected chi connectivity index (χ2v) is 5.65. The zero-order valence-electron chi connectivity index (χ0n) is 14.0. The van der Waals surface area contributed by atoms with Crippen LogP contribution >= 0.6 is 0 Å². The van der Waals surface area contributed by atoms with Crippen molar-refractivity contribution in [1.29, 1.82) is 5.26 Å². The number of carbonyl (C=O) groups excluding carboxylic acids is 1. The fraction of sp³-hybridized carbons (Fsp3) is 0.438. The Kier molecular flexibility index (Phi) is 5.84. The molecule has 8 nitrogen and oxygen atoms in total. The van der Waals surface area contributed by atoms with Gasteiger partial charge in [-0.2, -0.15) is 5.26 Å². The van der Waals surface area contributed by atoms with Crippen molar-refractivity contribution in [3.63, 3.8) is 0 Å². The molecule has 2 aromatic rings. The summed E-state index contributed by atoms with van der Waals surface area (Å²) in [5.41, 5.74) is 1.35. The minimum absolute atomic E-state index is 0.0944. The Balaban J connectivity index is 2.22. The van der Waals surface area contributed by atoms with Crippen LogP contribution in [0.3, 0.4) is 0 Å². The number of hydrogen-bond donors (Lipinski definition) is 2. The number of nitrogens with zero attached hydrogens (tertiary/aromatic N) is 5. The summed E-state index contributed by atoms with van der Waals surface area (Å²) in [4.78, 5) is 12.2. The highest BCUT2D eigenvalue weighted by molar-refractivity contribution is 5.93. The molecule has 2 N–H and O–H groups in total. The first-order chi connectivity index (χ1) is 11.6. The fourth-order valence-corrected chi connectivity index (χ4v) is 2.26. The van der Waals surface area contributed by atoms with Crippen molar-refractivity contribution in [3.05, 3.63) is 24.3 Å². The Morgan fingerprint density at radius 3 is 2.79 bits per heavy atom. The minimum Gasteiger partial charge on any atom is -0.334 e. The van der Waals surface area contributed by atoms with Gasteiger partial charge in [0, 0.05) is 11.6 Å². The molecule has 0 bridgehead atoms. The molecule has 126 valence electrons. The van der Waals surface area contributed by atoms with E-state index in [9.17, 15) is 4.79 Å². The van der Waals surface area contributed by atoms with Gasteiger partial charge in [-0.05, 0) is 42.8 Å². The highest BCUT2D eigenvalue weighted by Crippen LogP contribution is 2.27. The first-order valence-electron chi connectivity index (χ1n) is 7.88. The van der Waals surface area contributed by atoms with Crippen LogP contribution < -0.4 is 10.6 Å². The van der Waals surface area contributed by atoms with Gasteiger partial charge in [-0.25, -0.2) is 9.48 Å². The van der Waals surface area contributed by atoms with E-state index in [4.69, 9.17) is 5.26 Å². The van der Waals surface area contributed by atoms with Gasteiger partial charge in [0.05, 0.1) is 24.2 Å². The van der Waals surface area contributed by atoms with E-state index in [0.29, 0.717) is 17.9 Å². The number of urea groups is 1. The number of carbonyl (C=O) groups is 1. The topological polar surface area (TPSA) is 109 Å². The number of anilines is 1. The first kappa shape index (κ1) is 17.4. The first-order valence-corrected chi connectivity index (χ1v) is 7.88. The van der Waals surface area contributed by atoms with Gasteiger partial charge in [0.15, 0.2) is 5.82 Å². The molecule has 1 unspecified atom stereocenters. The summed E-state index contributed by atoms with van der Waals surface area (Å²) in [6.45, 7) is 5.89. The standard InChI is InChI=1S/C16H21N7O/c1-4-12(9-10-17)18-16(24)19-14-8-6-5-7-13(14)15-20-21-22-23(15)11(2)3/h5-8,11-12H,4,9H2,1-3H3,(H2,18,19,24). The lowest BCUT2D eigenvalue weighted by molar-refractivity contribution is 0.248. The minimum atomic E-state index is -0.354. The van der Waals surface area contributed by atoms with Crippen LogP contribution in [-0.2, 0) is 0 Å². The van der Waals surface area contributed by atoms with E-state index in [0.717, 1.165) is 5.56 Å². The number of nitrogens with one attached hydrogen (secondary N) is 2. The van der Waals surface area contributed by atoms with Gasteiger partial charge in [0.25, 0.3) is 0 Å². The maximum absolute atomic E-state index is 12.2. The number of aromatic nitrogens is 4. The smallest absolute Gasteiger partial charge is 0.319 e. The SMILES string of the molecule is CCC(CC#N)NC(=O)Nc1ccccc1-c1nnnn1C(C)C. The van der Waals surface area contributed by atoms with Crippen molar-refractivity contribution in [2.45, 2.75) is 45.7 Å². The average Bonchev–Trinajstić information content (AvgIpc) is 3.04. The second kappa shape index (κ2) is 8.06. The van der Waals surface area contributed by atoms with Crippen molar-refractivity contribution in [3.8, 4) is 17.5 Å². The molecule has 1 aromatic heterocycles. The summed E-state index contributed by atoms with van der Waals surface area (Å²) < 4.78 is 1.70. The largest absolute Gasteiger partial charge is 0.334 e. The molecule has 0 saturated heterocycles. The molecule has 1 heterocycles. The molecule has 1 atom stereocenters. The van der Waals surface area contributed by atoms with Crippen molar-refractivity contribution in [2.75, 3.05) is 5.32 Å². The molecule has 0 aliphatic heterocycles. The van der Waals surface area contributed by atoms with E-state index in [1.54, 1.807) is 10.7 Å². The quantitative estimate of drug-likeness (QED) is 0.848. The van der Waals surface area contributed by atoms with Crippen molar-refractivity contribution in [1.82, 2.24) is 25.5 Å². The molecule has 8 heteroatoms. The number of hydrogen-bond acceptors (Lipinski definition) is 5. The van der Waals surface area contributed by atoms with Crippen LogP contribution in [-0.4, -0.2) is 32.3 Å². The summed E-state index contributed by atoms with van der Waals surface area (Å²) in [7, 11) is 0. The number of amides is 2. The monoisotopic (exact) mass is 327 g/mol. The Bertz CT molecular complexity index is 732. The third-order valence-corrected chi connectivity index (χ3v) is 3.56. The predicted molar refractivity (Wildman–Crippen MR) is 90.1 cm³/mol. The Morgan fingerprint density at radius 1 is 1.38 bits per heavy atom. The van der Waals surface area contributed by atoms with Crippen molar-refractivity contribution >= 4 is 11.7 Å². The highest BCUT2D eigenvalue weighted by Gasteiger charge is 2.17. The van der Waals surface area contributed by atoms with Crippen LogP contribution in [0.1, 0.15) is 39.7 Å². The van der Waals surface area contributed by atoms with Gasteiger partial charge < -0.3 is 10.6 Å². The van der Waals surface area contributed by atoms with E-state index in [1.165, 1.54) is 0 Å². The zero-order chi connectivity index (χ0) is 17.5. The van der Waals surface area contributed by atoms with Gasteiger partial charge in [0.2, 0.25) is 0 Å². The molecule has 1 aromatic carbocycles. The van der Waals surface area contributed by atoms with E-state index in [-0.39, 0.29) is 24.5 Å². The third-order valence-electron chi connectivity index (χ3n) is 3.56. The maximum Gasteiger partial charge on any atom is 0.319 e. The predicted octanol–water partition coefficient (Wildman–Crippen LogP) is 2.73. The summed E-state index contributed by atoms with van der Waals surface area (Å²) in [6.07, 6.45) is 0.964. The van der Waals surface area contributed by atoms with Crippen molar-refractivity contribution < 1.29 is 4.79 Å².